The van der Waals surface area contributed by atoms with Crippen LogP contribution in [0.3, 0.4) is 0 Å². The second-order valence-corrected chi connectivity index (χ2v) is 5.35. The van der Waals surface area contributed by atoms with E-state index >= 15 is 0 Å². The van der Waals surface area contributed by atoms with Crippen LogP contribution in [0.5, 0.6) is 0 Å². The molecule has 0 saturated carbocycles. The molecule has 0 spiro atoms. The van der Waals surface area contributed by atoms with E-state index in [4.69, 9.17) is 4.42 Å². The standard InChI is InChI=1S/C12H20O2/c1-11(2,3)6-7-12(4,13)10-5-8-14-9-10/h5,8-9,13H,6-7H2,1-4H3. The molecule has 1 rings (SSSR count). The van der Waals surface area contributed by atoms with Gasteiger partial charge in [-0.25, -0.2) is 0 Å². The summed E-state index contributed by atoms with van der Waals surface area (Å²) in [5.74, 6) is 0. The number of hydrogen-bond donors (Lipinski definition) is 1. The van der Waals surface area contributed by atoms with Crippen molar-refractivity contribution >= 4 is 0 Å². The Labute approximate surface area is 85.9 Å². The SMILES string of the molecule is CC(C)(C)CCC(C)(O)c1ccoc1. The van der Waals surface area contributed by atoms with E-state index in [1.54, 1.807) is 12.5 Å². The molecule has 1 atom stereocenters. The van der Waals surface area contributed by atoms with Crippen molar-refractivity contribution in [2.24, 2.45) is 5.41 Å². The topological polar surface area (TPSA) is 33.4 Å². The van der Waals surface area contributed by atoms with Gasteiger partial charge in [-0.15, -0.1) is 0 Å². The fourth-order valence-electron chi connectivity index (χ4n) is 1.33. The molecular weight excluding hydrogens is 176 g/mol. The van der Waals surface area contributed by atoms with Gasteiger partial charge in [-0.1, -0.05) is 20.8 Å². The average molecular weight is 196 g/mol. The molecule has 0 saturated heterocycles. The Kier molecular flexibility index (Phi) is 3.05. The molecule has 2 heteroatoms. The van der Waals surface area contributed by atoms with Crippen LogP contribution >= 0.6 is 0 Å². The van der Waals surface area contributed by atoms with Crippen LogP contribution < -0.4 is 0 Å². The predicted molar refractivity (Wildman–Crippen MR) is 57.0 cm³/mol. The monoisotopic (exact) mass is 196 g/mol. The molecule has 2 nitrogen and oxygen atoms in total. The third-order valence-corrected chi connectivity index (χ3v) is 2.50. The van der Waals surface area contributed by atoms with Crippen molar-refractivity contribution in [3.8, 4) is 0 Å². The molecular formula is C12H20O2. The molecule has 0 aliphatic carbocycles. The van der Waals surface area contributed by atoms with E-state index in [1.807, 2.05) is 13.0 Å². The Morgan fingerprint density at radius 1 is 1.21 bits per heavy atom. The highest BCUT2D eigenvalue weighted by molar-refractivity contribution is 5.14. The van der Waals surface area contributed by atoms with Crippen LogP contribution in [0.15, 0.2) is 23.0 Å². The van der Waals surface area contributed by atoms with Crippen LogP contribution in [-0.2, 0) is 5.60 Å². The van der Waals surface area contributed by atoms with E-state index < -0.39 is 5.60 Å². The van der Waals surface area contributed by atoms with Crippen molar-refractivity contribution in [2.75, 3.05) is 0 Å². The summed E-state index contributed by atoms with van der Waals surface area (Å²) in [6.07, 6.45) is 4.96. The maximum absolute atomic E-state index is 10.2. The largest absolute Gasteiger partial charge is 0.472 e. The summed E-state index contributed by atoms with van der Waals surface area (Å²) in [7, 11) is 0. The Hall–Kier alpha value is -0.760. The lowest BCUT2D eigenvalue weighted by molar-refractivity contribution is 0.0353. The quantitative estimate of drug-likeness (QED) is 0.804. The molecule has 14 heavy (non-hydrogen) atoms. The summed E-state index contributed by atoms with van der Waals surface area (Å²) < 4.78 is 4.97. The Morgan fingerprint density at radius 2 is 1.86 bits per heavy atom. The number of furan rings is 1. The summed E-state index contributed by atoms with van der Waals surface area (Å²) in [6, 6.07) is 1.82. The van der Waals surface area contributed by atoms with Crippen molar-refractivity contribution in [2.45, 2.75) is 46.1 Å². The molecule has 0 aromatic carbocycles. The second-order valence-electron chi connectivity index (χ2n) is 5.35. The van der Waals surface area contributed by atoms with Gasteiger partial charge in [0.2, 0.25) is 0 Å². The third-order valence-electron chi connectivity index (χ3n) is 2.50. The van der Waals surface area contributed by atoms with Crippen molar-refractivity contribution in [3.63, 3.8) is 0 Å². The van der Waals surface area contributed by atoms with Crippen LogP contribution in [0, 0.1) is 5.41 Å². The Balaban J connectivity index is 2.59. The Bertz CT molecular complexity index is 265. The van der Waals surface area contributed by atoms with E-state index in [0.29, 0.717) is 0 Å². The lowest BCUT2D eigenvalue weighted by Crippen LogP contribution is -2.22. The highest BCUT2D eigenvalue weighted by Gasteiger charge is 2.26. The summed E-state index contributed by atoms with van der Waals surface area (Å²) in [6.45, 7) is 8.37. The number of aliphatic hydroxyl groups is 1. The Morgan fingerprint density at radius 3 is 2.29 bits per heavy atom. The number of rotatable bonds is 3. The van der Waals surface area contributed by atoms with Gasteiger partial charge < -0.3 is 9.52 Å². The number of hydrogen-bond acceptors (Lipinski definition) is 2. The van der Waals surface area contributed by atoms with Crippen LogP contribution in [-0.4, -0.2) is 5.11 Å². The van der Waals surface area contributed by atoms with Crippen molar-refractivity contribution in [3.05, 3.63) is 24.2 Å². The van der Waals surface area contributed by atoms with E-state index in [2.05, 4.69) is 20.8 Å². The fourth-order valence-corrected chi connectivity index (χ4v) is 1.33. The summed E-state index contributed by atoms with van der Waals surface area (Å²) in [5, 5.41) is 10.2. The fraction of sp³-hybridized carbons (Fsp3) is 0.667. The highest BCUT2D eigenvalue weighted by Crippen LogP contribution is 2.31. The molecule has 0 aliphatic heterocycles. The smallest absolute Gasteiger partial charge is 0.0963 e. The molecule has 1 heterocycles. The lowest BCUT2D eigenvalue weighted by Gasteiger charge is -2.26. The minimum atomic E-state index is -0.764. The molecule has 1 aromatic rings. The molecule has 1 aromatic heterocycles. The van der Waals surface area contributed by atoms with Gasteiger partial charge >= 0.3 is 0 Å². The summed E-state index contributed by atoms with van der Waals surface area (Å²) in [4.78, 5) is 0. The van der Waals surface area contributed by atoms with Crippen LogP contribution in [0.25, 0.3) is 0 Å². The van der Waals surface area contributed by atoms with Crippen molar-refractivity contribution in [1.29, 1.82) is 0 Å². The zero-order valence-corrected chi connectivity index (χ0v) is 9.50. The van der Waals surface area contributed by atoms with E-state index in [0.717, 1.165) is 18.4 Å². The van der Waals surface area contributed by atoms with Gasteiger partial charge in [-0.2, -0.15) is 0 Å². The second kappa shape index (κ2) is 3.77. The van der Waals surface area contributed by atoms with Gasteiger partial charge in [0.25, 0.3) is 0 Å². The molecule has 0 radical (unpaired) electrons. The summed E-state index contributed by atoms with van der Waals surface area (Å²) in [5.41, 5.74) is 0.357. The first-order valence-electron chi connectivity index (χ1n) is 5.06. The van der Waals surface area contributed by atoms with Gasteiger partial charge in [0.15, 0.2) is 0 Å². The first-order valence-corrected chi connectivity index (χ1v) is 5.06. The average Bonchev–Trinajstić information content (AvgIpc) is 2.52. The van der Waals surface area contributed by atoms with Gasteiger partial charge in [-0.3, -0.25) is 0 Å². The molecule has 80 valence electrons. The first kappa shape index (κ1) is 11.3. The van der Waals surface area contributed by atoms with Gasteiger partial charge in [0.05, 0.1) is 18.1 Å². The zero-order valence-electron chi connectivity index (χ0n) is 9.50. The molecule has 1 unspecified atom stereocenters. The lowest BCUT2D eigenvalue weighted by atomic mass is 9.83. The molecule has 0 amide bonds. The van der Waals surface area contributed by atoms with Gasteiger partial charge in [-0.05, 0) is 31.2 Å². The molecule has 0 fully saturated rings. The molecule has 0 aliphatic rings. The maximum Gasteiger partial charge on any atom is 0.0963 e. The van der Waals surface area contributed by atoms with Crippen molar-refractivity contribution in [1.82, 2.24) is 0 Å². The zero-order chi connectivity index (χ0) is 10.8. The summed E-state index contributed by atoms with van der Waals surface area (Å²) >= 11 is 0. The van der Waals surface area contributed by atoms with Crippen LogP contribution in [0.4, 0.5) is 0 Å². The normalized spacial score (nSPS) is 16.6. The van der Waals surface area contributed by atoms with Gasteiger partial charge in [0, 0.05) is 5.56 Å². The van der Waals surface area contributed by atoms with Crippen LogP contribution in [0.2, 0.25) is 0 Å². The minimum absolute atomic E-state index is 0.258. The van der Waals surface area contributed by atoms with Crippen LogP contribution in [0.1, 0.15) is 46.1 Å². The molecule has 1 N–H and O–H groups in total. The van der Waals surface area contributed by atoms with Crippen molar-refractivity contribution < 1.29 is 9.52 Å². The maximum atomic E-state index is 10.2. The predicted octanol–water partition coefficient (Wildman–Crippen LogP) is 3.31. The van der Waals surface area contributed by atoms with E-state index in [9.17, 15) is 5.11 Å². The third kappa shape index (κ3) is 3.18. The van der Waals surface area contributed by atoms with E-state index in [1.165, 1.54) is 0 Å². The minimum Gasteiger partial charge on any atom is -0.472 e. The van der Waals surface area contributed by atoms with E-state index in [-0.39, 0.29) is 5.41 Å². The van der Waals surface area contributed by atoms with Gasteiger partial charge in [0.1, 0.15) is 0 Å². The highest BCUT2D eigenvalue weighted by atomic mass is 16.3. The first-order chi connectivity index (χ1) is 6.31. The molecule has 0 bridgehead atoms.